The standard InChI is InChI=1S/C13H15FO3/c14-12-6-2-1-4-10(12)8-13(15)17-9-11-5-3-7-16-11/h1-2,4,6,11H,3,5,7-9H2. The van der Waals surface area contributed by atoms with Gasteiger partial charge in [0.05, 0.1) is 12.5 Å². The van der Waals surface area contributed by atoms with E-state index in [0.717, 1.165) is 19.4 Å². The van der Waals surface area contributed by atoms with E-state index in [9.17, 15) is 9.18 Å². The van der Waals surface area contributed by atoms with Gasteiger partial charge >= 0.3 is 5.97 Å². The zero-order valence-corrected chi connectivity index (χ0v) is 9.52. The molecule has 0 bridgehead atoms. The molecule has 0 radical (unpaired) electrons. The quantitative estimate of drug-likeness (QED) is 0.753. The first-order chi connectivity index (χ1) is 8.25. The second kappa shape index (κ2) is 5.77. The lowest BCUT2D eigenvalue weighted by Crippen LogP contribution is -2.19. The monoisotopic (exact) mass is 238 g/mol. The molecule has 3 nitrogen and oxygen atoms in total. The molecule has 1 atom stereocenters. The number of rotatable bonds is 4. The first-order valence-electron chi connectivity index (χ1n) is 5.76. The van der Waals surface area contributed by atoms with Crippen molar-refractivity contribution in [2.24, 2.45) is 0 Å². The zero-order chi connectivity index (χ0) is 12.1. The maximum absolute atomic E-state index is 13.3. The van der Waals surface area contributed by atoms with Crippen LogP contribution in [0.1, 0.15) is 18.4 Å². The molecule has 1 heterocycles. The van der Waals surface area contributed by atoms with Gasteiger partial charge in [0.15, 0.2) is 0 Å². The molecular weight excluding hydrogens is 223 g/mol. The molecule has 0 amide bonds. The van der Waals surface area contributed by atoms with Crippen LogP contribution in [0.2, 0.25) is 0 Å². The molecule has 0 saturated carbocycles. The summed E-state index contributed by atoms with van der Waals surface area (Å²) in [6.07, 6.45) is 1.92. The number of carbonyl (C=O) groups is 1. The number of benzene rings is 1. The average Bonchev–Trinajstić information content (AvgIpc) is 2.82. The van der Waals surface area contributed by atoms with Crippen LogP contribution in [-0.4, -0.2) is 25.3 Å². The highest BCUT2D eigenvalue weighted by atomic mass is 19.1. The molecule has 1 aromatic carbocycles. The summed E-state index contributed by atoms with van der Waals surface area (Å²) in [5.74, 6) is -0.785. The Hall–Kier alpha value is -1.42. The van der Waals surface area contributed by atoms with E-state index in [1.54, 1.807) is 18.2 Å². The van der Waals surface area contributed by atoms with Gasteiger partial charge in [-0.05, 0) is 24.5 Å². The Bertz CT molecular complexity index is 386. The van der Waals surface area contributed by atoms with Crippen molar-refractivity contribution < 1.29 is 18.7 Å². The molecule has 0 aromatic heterocycles. The van der Waals surface area contributed by atoms with E-state index < -0.39 is 5.97 Å². The molecule has 1 aromatic rings. The van der Waals surface area contributed by atoms with E-state index in [4.69, 9.17) is 9.47 Å². The summed E-state index contributed by atoms with van der Waals surface area (Å²) in [5.41, 5.74) is 0.366. The summed E-state index contributed by atoms with van der Waals surface area (Å²) in [5, 5.41) is 0. The molecule has 0 aliphatic carbocycles. The second-order valence-electron chi connectivity index (χ2n) is 4.09. The Labute approximate surface area is 99.5 Å². The van der Waals surface area contributed by atoms with Crippen molar-refractivity contribution in [1.82, 2.24) is 0 Å². The minimum absolute atomic E-state index is 0.0135. The summed E-state index contributed by atoms with van der Waals surface area (Å²) in [7, 11) is 0. The van der Waals surface area contributed by atoms with Gasteiger partial charge in [-0.2, -0.15) is 0 Å². The van der Waals surface area contributed by atoms with Crippen molar-refractivity contribution in [1.29, 1.82) is 0 Å². The molecule has 1 saturated heterocycles. The zero-order valence-electron chi connectivity index (χ0n) is 9.52. The predicted octanol–water partition coefficient (Wildman–Crippen LogP) is 2.09. The first kappa shape index (κ1) is 12.0. The normalized spacial score (nSPS) is 19.2. The SMILES string of the molecule is O=C(Cc1ccccc1F)OCC1CCCO1. The van der Waals surface area contributed by atoms with Crippen LogP contribution < -0.4 is 0 Å². The molecule has 1 aliphatic heterocycles. The van der Waals surface area contributed by atoms with E-state index in [0.29, 0.717) is 5.56 Å². The highest BCUT2D eigenvalue weighted by molar-refractivity contribution is 5.72. The highest BCUT2D eigenvalue weighted by Gasteiger charge is 2.17. The maximum atomic E-state index is 13.3. The van der Waals surface area contributed by atoms with Gasteiger partial charge in [-0.1, -0.05) is 18.2 Å². The fourth-order valence-corrected chi connectivity index (χ4v) is 1.81. The van der Waals surface area contributed by atoms with Gasteiger partial charge in [0.25, 0.3) is 0 Å². The van der Waals surface area contributed by atoms with Crippen molar-refractivity contribution in [3.8, 4) is 0 Å². The Kier molecular flexibility index (Phi) is 4.09. The third kappa shape index (κ3) is 3.53. The molecule has 0 N–H and O–H groups in total. The average molecular weight is 238 g/mol. The number of ether oxygens (including phenoxy) is 2. The predicted molar refractivity (Wildman–Crippen MR) is 60.0 cm³/mol. The van der Waals surface area contributed by atoms with Gasteiger partial charge in [0, 0.05) is 6.61 Å². The van der Waals surface area contributed by atoms with E-state index >= 15 is 0 Å². The lowest BCUT2D eigenvalue weighted by atomic mass is 10.1. The molecule has 4 heteroatoms. The molecule has 1 fully saturated rings. The van der Waals surface area contributed by atoms with Gasteiger partial charge in [-0.25, -0.2) is 4.39 Å². The topological polar surface area (TPSA) is 35.5 Å². The van der Waals surface area contributed by atoms with Crippen molar-refractivity contribution in [2.75, 3.05) is 13.2 Å². The Morgan fingerprint density at radius 1 is 1.47 bits per heavy atom. The van der Waals surface area contributed by atoms with Crippen LogP contribution in [0, 0.1) is 5.82 Å². The van der Waals surface area contributed by atoms with Crippen LogP contribution >= 0.6 is 0 Å². The lowest BCUT2D eigenvalue weighted by molar-refractivity contribution is -0.146. The summed E-state index contributed by atoms with van der Waals surface area (Å²) in [4.78, 5) is 11.5. The van der Waals surface area contributed by atoms with Gasteiger partial charge in [0.2, 0.25) is 0 Å². The molecule has 1 unspecified atom stereocenters. The Morgan fingerprint density at radius 2 is 2.29 bits per heavy atom. The molecule has 17 heavy (non-hydrogen) atoms. The van der Waals surface area contributed by atoms with Crippen LogP contribution in [0.4, 0.5) is 4.39 Å². The maximum Gasteiger partial charge on any atom is 0.310 e. The number of hydrogen-bond donors (Lipinski definition) is 0. The van der Waals surface area contributed by atoms with E-state index in [1.807, 2.05) is 0 Å². The van der Waals surface area contributed by atoms with Crippen LogP contribution in [0.15, 0.2) is 24.3 Å². The van der Waals surface area contributed by atoms with Gasteiger partial charge in [0.1, 0.15) is 12.4 Å². The summed E-state index contributed by atoms with van der Waals surface area (Å²) in [6.45, 7) is 1.00. The van der Waals surface area contributed by atoms with Crippen LogP contribution in [-0.2, 0) is 20.7 Å². The van der Waals surface area contributed by atoms with Crippen LogP contribution in [0.25, 0.3) is 0 Å². The lowest BCUT2D eigenvalue weighted by Gasteiger charge is -2.10. The Morgan fingerprint density at radius 3 is 3.00 bits per heavy atom. The number of carbonyl (C=O) groups excluding carboxylic acids is 1. The van der Waals surface area contributed by atoms with Crippen LogP contribution in [0.3, 0.4) is 0 Å². The van der Waals surface area contributed by atoms with Gasteiger partial charge in [-0.15, -0.1) is 0 Å². The van der Waals surface area contributed by atoms with Gasteiger partial charge < -0.3 is 9.47 Å². The van der Waals surface area contributed by atoms with E-state index in [2.05, 4.69) is 0 Å². The van der Waals surface area contributed by atoms with Crippen molar-refractivity contribution >= 4 is 5.97 Å². The fourth-order valence-electron chi connectivity index (χ4n) is 1.81. The third-order valence-electron chi connectivity index (χ3n) is 2.75. The van der Waals surface area contributed by atoms with E-state index in [1.165, 1.54) is 6.07 Å². The Balaban J connectivity index is 1.79. The van der Waals surface area contributed by atoms with Crippen molar-refractivity contribution in [2.45, 2.75) is 25.4 Å². The van der Waals surface area contributed by atoms with E-state index in [-0.39, 0.29) is 24.9 Å². The van der Waals surface area contributed by atoms with Crippen molar-refractivity contribution in [3.63, 3.8) is 0 Å². The molecular formula is C13H15FO3. The molecule has 92 valence electrons. The highest BCUT2D eigenvalue weighted by Crippen LogP contribution is 2.13. The first-order valence-corrected chi connectivity index (χ1v) is 5.76. The minimum atomic E-state index is -0.411. The fraction of sp³-hybridized carbons (Fsp3) is 0.462. The summed E-state index contributed by atoms with van der Waals surface area (Å²) in [6, 6.07) is 6.22. The molecule has 0 spiro atoms. The van der Waals surface area contributed by atoms with Crippen LogP contribution in [0.5, 0.6) is 0 Å². The smallest absolute Gasteiger partial charge is 0.310 e. The number of halogens is 1. The third-order valence-corrected chi connectivity index (χ3v) is 2.75. The van der Waals surface area contributed by atoms with Gasteiger partial charge in [-0.3, -0.25) is 4.79 Å². The number of hydrogen-bond acceptors (Lipinski definition) is 3. The largest absolute Gasteiger partial charge is 0.463 e. The molecule has 1 aliphatic rings. The number of esters is 1. The summed E-state index contributed by atoms with van der Waals surface area (Å²) < 4.78 is 23.6. The second-order valence-corrected chi connectivity index (χ2v) is 4.09. The van der Waals surface area contributed by atoms with Crippen molar-refractivity contribution in [3.05, 3.63) is 35.6 Å². The molecule has 2 rings (SSSR count). The summed E-state index contributed by atoms with van der Waals surface area (Å²) >= 11 is 0. The minimum Gasteiger partial charge on any atom is -0.463 e.